The maximum atomic E-state index is 6.37. The molecule has 3 rings (SSSR count). The topological polar surface area (TPSA) is 43.8 Å². The highest BCUT2D eigenvalue weighted by molar-refractivity contribution is 6.31. The van der Waals surface area contributed by atoms with Crippen LogP contribution in [0.5, 0.6) is 0 Å². The van der Waals surface area contributed by atoms with Crippen LogP contribution >= 0.6 is 11.6 Å². The number of imidazole rings is 1. The summed E-state index contributed by atoms with van der Waals surface area (Å²) < 4.78 is 2.24. The van der Waals surface area contributed by atoms with Gasteiger partial charge in [0.15, 0.2) is 0 Å². The van der Waals surface area contributed by atoms with Gasteiger partial charge in [0, 0.05) is 16.8 Å². The van der Waals surface area contributed by atoms with Crippen LogP contribution in [-0.2, 0) is 12.8 Å². The lowest BCUT2D eigenvalue weighted by Crippen LogP contribution is -2.31. The number of nitrogens with zero attached hydrogens (tertiary/aromatic N) is 2. The summed E-state index contributed by atoms with van der Waals surface area (Å²) in [7, 11) is 0. The molecular weight excluding hydrogens is 270 g/mol. The zero-order valence-electron chi connectivity index (χ0n) is 11.7. The number of halogens is 1. The number of fused-ring (bicyclic) bond motifs is 1. The van der Waals surface area contributed by atoms with E-state index in [-0.39, 0.29) is 12.1 Å². The van der Waals surface area contributed by atoms with Gasteiger partial charge in [-0.2, -0.15) is 0 Å². The molecule has 0 fully saturated rings. The van der Waals surface area contributed by atoms with Crippen molar-refractivity contribution < 1.29 is 0 Å². The Morgan fingerprint density at radius 1 is 1.25 bits per heavy atom. The van der Waals surface area contributed by atoms with E-state index in [1.807, 2.05) is 31.5 Å². The van der Waals surface area contributed by atoms with Gasteiger partial charge in [0.25, 0.3) is 0 Å². The second-order valence-electron chi connectivity index (χ2n) is 5.58. The summed E-state index contributed by atoms with van der Waals surface area (Å²) in [5.74, 6) is 0. The molecule has 1 aromatic heterocycles. The van der Waals surface area contributed by atoms with Gasteiger partial charge in [-0.05, 0) is 44.2 Å². The quantitative estimate of drug-likeness (QED) is 0.942. The molecule has 2 atom stereocenters. The molecule has 0 amide bonds. The van der Waals surface area contributed by atoms with E-state index >= 15 is 0 Å². The van der Waals surface area contributed by atoms with Crippen molar-refractivity contribution in [3.8, 4) is 0 Å². The minimum absolute atomic E-state index is 0.0184. The smallest absolute Gasteiger partial charge is 0.0957 e. The van der Waals surface area contributed by atoms with E-state index in [4.69, 9.17) is 17.3 Å². The van der Waals surface area contributed by atoms with Gasteiger partial charge in [0.05, 0.1) is 18.1 Å². The first-order valence-electron chi connectivity index (χ1n) is 7.23. The highest BCUT2D eigenvalue weighted by Crippen LogP contribution is 2.31. The summed E-state index contributed by atoms with van der Waals surface area (Å²) in [5, 5.41) is 0.771. The molecule has 1 heterocycles. The number of rotatable bonds is 3. The lowest BCUT2D eigenvalue weighted by atomic mass is 9.97. The van der Waals surface area contributed by atoms with Crippen LogP contribution in [0.2, 0.25) is 5.02 Å². The summed E-state index contributed by atoms with van der Waals surface area (Å²) in [4.78, 5) is 4.58. The average Bonchev–Trinajstić information content (AvgIpc) is 2.85. The molecule has 106 valence electrons. The number of hydrogen-bond acceptors (Lipinski definition) is 2. The number of benzene rings is 1. The van der Waals surface area contributed by atoms with Crippen molar-refractivity contribution in [2.24, 2.45) is 5.73 Å². The molecule has 20 heavy (non-hydrogen) atoms. The van der Waals surface area contributed by atoms with Gasteiger partial charge < -0.3 is 10.3 Å². The Morgan fingerprint density at radius 3 is 2.75 bits per heavy atom. The first-order valence-corrected chi connectivity index (χ1v) is 7.61. The molecule has 0 aliphatic heterocycles. The molecule has 0 saturated carbocycles. The third-order valence-corrected chi connectivity index (χ3v) is 4.43. The van der Waals surface area contributed by atoms with Crippen LogP contribution in [0.1, 0.15) is 42.8 Å². The van der Waals surface area contributed by atoms with Crippen molar-refractivity contribution in [2.45, 2.75) is 44.7 Å². The lowest BCUT2D eigenvalue weighted by Gasteiger charge is -2.27. The van der Waals surface area contributed by atoms with E-state index in [1.165, 1.54) is 24.2 Å². The number of nitrogens with two attached hydrogens (primary N) is 1. The number of hydrogen-bond donors (Lipinski definition) is 1. The van der Waals surface area contributed by atoms with Gasteiger partial charge in [0.2, 0.25) is 0 Å². The Morgan fingerprint density at radius 2 is 2.00 bits per heavy atom. The summed E-state index contributed by atoms with van der Waals surface area (Å²) in [6, 6.07) is 7.99. The van der Waals surface area contributed by atoms with E-state index in [2.05, 4.69) is 15.6 Å². The molecule has 2 N–H and O–H groups in total. The Hall–Kier alpha value is -1.32. The maximum absolute atomic E-state index is 6.37. The Bertz CT molecular complexity index is 604. The normalized spacial score (nSPS) is 17.6. The van der Waals surface area contributed by atoms with E-state index in [1.54, 1.807) is 0 Å². The molecule has 1 aliphatic carbocycles. The van der Waals surface area contributed by atoms with Gasteiger partial charge >= 0.3 is 0 Å². The summed E-state index contributed by atoms with van der Waals surface area (Å²) >= 11 is 6.37. The van der Waals surface area contributed by atoms with Gasteiger partial charge in [-0.15, -0.1) is 0 Å². The second kappa shape index (κ2) is 5.58. The molecule has 0 spiro atoms. The Labute approximate surface area is 124 Å². The van der Waals surface area contributed by atoms with E-state index in [9.17, 15) is 0 Å². The fraction of sp³-hybridized carbons (Fsp3) is 0.438. The maximum Gasteiger partial charge on any atom is 0.0957 e. The first kappa shape index (κ1) is 13.7. The van der Waals surface area contributed by atoms with Crippen LogP contribution in [0.4, 0.5) is 0 Å². The number of aromatic nitrogens is 2. The van der Waals surface area contributed by atoms with Gasteiger partial charge in [0.1, 0.15) is 0 Å². The molecular formula is C16H20ClN3. The van der Waals surface area contributed by atoms with Crippen molar-refractivity contribution in [1.29, 1.82) is 0 Å². The lowest BCUT2D eigenvalue weighted by molar-refractivity contribution is 0.473. The molecule has 1 aromatic carbocycles. The molecule has 2 unspecified atom stereocenters. The van der Waals surface area contributed by atoms with Crippen LogP contribution in [0.15, 0.2) is 30.6 Å². The Balaban J connectivity index is 2.08. The molecule has 2 aromatic rings. The largest absolute Gasteiger partial charge is 0.326 e. The van der Waals surface area contributed by atoms with Crippen molar-refractivity contribution in [3.05, 3.63) is 52.6 Å². The van der Waals surface area contributed by atoms with Crippen LogP contribution in [0.25, 0.3) is 0 Å². The average molecular weight is 290 g/mol. The van der Waals surface area contributed by atoms with Crippen LogP contribution < -0.4 is 5.73 Å². The zero-order valence-corrected chi connectivity index (χ0v) is 12.5. The molecule has 0 bridgehead atoms. The van der Waals surface area contributed by atoms with Gasteiger partial charge in [-0.1, -0.05) is 29.8 Å². The third-order valence-electron chi connectivity index (χ3n) is 4.08. The highest BCUT2D eigenvalue weighted by atomic mass is 35.5. The first-order chi connectivity index (χ1) is 9.68. The molecule has 1 aliphatic rings. The highest BCUT2D eigenvalue weighted by Gasteiger charge is 2.25. The summed E-state index contributed by atoms with van der Waals surface area (Å²) in [6.45, 7) is 2.03. The van der Waals surface area contributed by atoms with E-state index in [0.29, 0.717) is 0 Å². The number of aryl methyl sites for hydroxylation is 1. The monoisotopic (exact) mass is 289 g/mol. The van der Waals surface area contributed by atoms with Gasteiger partial charge in [-0.3, -0.25) is 0 Å². The predicted octanol–water partition coefficient (Wildman–Crippen LogP) is 3.35. The minimum Gasteiger partial charge on any atom is -0.326 e. The second-order valence-corrected chi connectivity index (χ2v) is 5.99. The standard InChI is InChI=1S/C16H20ClN3/c1-11(18)16(12-6-2-3-7-13(12)17)20-10-19-14-8-4-5-9-15(14)20/h2-3,6-7,10-11,16H,4-5,8-9,18H2,1H3. The van der Waals surface area contributed by atoms with Crippen molar-refractivity contribution in [2.75, 3.05) is 0 Å². The van der Waals surface area contributed by atoms with E-state index < -0.39 is 0 Å². The summed E-state index contributed by atoms with van der Waals surface area (Å²) in [6.07, 6.45) is 6.57. The Kier molecular flexibility index (Phi) is 3.81. The summed E-state index contributed by atoms with van der Waals surface area (Å²) in [5.41, 5.74) is 9.90. The fourth-order valence-corrected chi connectivity index (χ4v) is 3.38. The van der Waals surface area contributed by atoms with Gasteiger partial charge in [-0.25, -0.2) is 4.98 Å². The van der Waals surface area contributed by atoms with Crippen molar-refractivity contribution >= 4 is 11.6 Å². The third kappa shape index (κ3) is 2.36. The fourth-order valence-electron chi connectivity index (χ4n) is 3.13. The SMILES string of the molecule is CC(N)C(c1ccccc1Cl)n1cnc2c1CCCC2. The van der Waals surface area contributed by atoms with Crippen molar-refractivity contribution in [1.82, 2.24) is 9.55 Å². The predicted molar refractivity (Wildman–Crippen MR) is 82.1 cm³/mol. The molecule has 0 radical (unpaired) electrons. The van der Waals surface area contributed by atoms with Crippen LogP contribution in [0.3, 0.4) is 0 Å². The van der Waals surface area contributed by atoms with E-state index in [0.717, 1.165) is 23.4 Å². The van der Waals surface area contributed by atoms with Crippen molar-refractivity contribution in [3.63, 3.8) is 0 Å². The molecule has 4 heteroatoms. The van der Waals surface area contributed by atoms with Crippen LogP contribution in [-0.4, -0.2) is 15.6 Å². The molecule has 3 nitrogen and oxygen atoms in total. The van der Waals surface area contributed by atoms with Crippen LogP contribution in [0, 0.1) is 0 Å². The minimum atomic E-state index is -0.0184. The molecule has 0 saturated heterocycles. The zero-order chi connectivity index (χ0) is 14.1.